The van der Waals surface area contributed by atoms with Gasteiger partial charge >= 0.3 is 0 Å². The standard InChI is InChI=1S/C19H23FN2O3/c1-3-16-15(18(4-2)25-21-16)10-19(24)22-11-14(23)9-17(22)12-6-5-7-13(20)8-12/h5-8,14,17,23H,3-4,9-11H2,1-2H3/t14-,17+/m0/s1. The molecule has 0 saturated carbocycles. The van der Waals surface area contributed by atoms with Gasteiger partial charge in [-0.05, 0) is 30.5 Å². The van der Waals surface area contributed by atoms with Crippen LogP contribution in [0.5, 0.6) is 0 Å². The number of rotatable bonds is 5. The quantitative estimate of drug-likeness (QED) is 0.904. The highest BCUT2D eigenvalue weighted by Crippen LogP contribution is 2.33. The number of carbonyl (C=O) groups excluding carboxylic acids is 1. The summed E-state index contributed by atoms with van der Waals surface area (Å²) in [5, 5.41) is 14.1. The van der Waals surface area contributed by atoms with Crippen LogP contribution in [-0.4, -0.2) is 33.7 Å². The summed E-state index contributed by atoms with van der Waals surface area (Å²) >= 11 is 0. The fourth-order valence-corrected chi connectivity index (χ4v) is 3.51. The number of amides is 1. The number of likely N-dealkylation sites (tertiary alicyclic amines) is 1. The van der Waals surface area contributed by atoms with E-state index in [0.717, 1.165) is 17.0 Å². The number of aliphatic hydroxyl groups is 1. The lowest BCUT2D eigenvalue weighted by Gasteiger charge is -2.25. The summed E-state index contributed by atoms with van der Waals surface area (Å²) in [6, 6.07) is 5.91. The molecule has 0 bridgehead atoms. The Kier molecular flexibility index (Phi) is 5.18. The number of hydrogen-bond donors (Lipinski definition) is 1. The van der Waals surface area contributed by atoms with Crippen LogP contribution in [0.2, 0.25) is 0 Å². The van der Waals surface area contributed by atoms with Gasteiger partial charge in [0.05, 0.1) is 24.3 Å². The summed E-state index contributed by atoms with van der Waals surface area (Å²) in [5.74, 6) is 0.289. The predicted molar refractivity (Wildman–Crippen MR) is 90.4 cm³/mol. The maximum absolute atomic E-state index is 13.6. The summed E-state index contributed by atoms with van der Waals surface area (Å²) in [4.78, 5) is 14.6. The fraction of sp³-hybridized carbons (Fsp3) is 0.474. The average Bonchev–Trinajstić information content (AvgIpc) is 3.17. The van der Waals surface area contributed by atoms with Crippen molar-refractivity contribution in [3.63, 3.8) is 0 Å². The lowest BCUT2D eigenvalue weighted by Crippen LogP contribution is -2.33. The van der Waals surface area contributed by atoms with E-state index in [2.05, 4.69) is 5.16 Å². The van der Waals surface area contributed by atoms with Gasteiger partial charge in [-0.15, -0.1) is 0 Å². The van der Waals surface area contributed by atoms with Gasteiger partial charge in [0.2, 0.25) is 5.91 Å². The molecule has 2 atom stereocenters. The largest absolute Gasteiger partial charge is 0.391 e. The minimum absolute atomic E-state index is 0.0987. The van der Waals surface area contributed by atoms with Gasteiger partial charge < -0.3 is 14.5 Å². The topological polar surface area (TPSA) is 66.6 Å². The second-order valence-corrected chi connectivity index (χ2v) is 6.42. The molecule has 134 valence electrons. The first-order valence-electron chi connectivity index (χ1n) is 8.72. The maximum atomic E-state index is 13.6. The highest BCUT2D eigenvalue weighted by atomic mass is 19.1. The molecule has 3 rings (SSSR count). The van der Waals surface area contributed by atoms with E-state index in [1.54, 1.807) is 17.0 Å². The first-order valence-corrected chi connectivity index (χ1v) is 8.72. The molecule has 2 aromatic rings. The van der Waals surface area contributed by atoms with Gasteiger partial charge in [-0.2, -0.15) is 0 Å². The van der Waals surface area contributed by atoms with Crippen LogP contribution in [0.25, 0.3) is 0 Å². The Morgan fingerprint density at radius 3 is 2.88 bits per heavy atom. The van der Waals surface area contributed by atoms with Gasteiger partial charge in [0.15, 0.2) is 0 Å². The van der Waals surface area contributed by atoms with Crippen LogP contribution in [0, 0.1) is 5.82 Å². The molecule has 6 heteroatoms. The maximum Gasteiger partial charge on any atom is 0.227 e. The molecule has 0 unspecified atom stereocenters. The Balaban J connectivity index is 1.84. The Bertz CT molecular complexity index is 737. The summed E-state index contributed by atoms with van der Waals surface area (Å²) in [6.45, 7) is 4.19. The zero-order valence-electron chi connectivity index (χ0n) is 14.5. The third-order valence-electron chi connectivity index (χ3n) is 4.77. The van der Waals surface area contributed by atoms with Crippen LogP contribution in [0.3, 0.4) is 0 Å². The first-order chi connectivity index (χ1) is 12.0. The number of carbonyl (C=O) groups is 1. The molecule has 0 radical (unpaired) electrons. The molecule has 1 aliphatic heterocycles. The molecule has 25 heavy (non-hydrogen) atoms. The molecule has 0 aliphatic carbocycles. The third kappa shape index (κ3) is 3.58. The van der Waals surface area contributed by atoms with Crippen molar-refractivity contribution in [1.82, 2.24) is 10.1 Å². The molecule has 5 nitrogen and oxygen atoms in total. The molecular weight excluding hydrogens is 323 g/mol. The second kappa shape index (κ2) is 7.35. The number of hydrogen-bond acceptors (Lipinski definition) is 4. The number of aromatic nitrogens is 1. The molecule has 1 aromatic heterocycles. The predicted octanol–water partition coefficient (Wildman–Crippen LogP) is 2.82. The SMILES string of the molecule is CCc1noc(CC)c1CC(=O)N1C[C@@H](O)C[C@@H]1c1cccc(F)c1. The first kappa shape index (κ1) is 17.6. The van der Waals surface area contributed by atoms with E-state index in [1.807, 2.05) is 13.8 Å². The minimum atomic E-state index is -0.601. The molecule has 1 fully saturated rings. The number of halogens is 1. The Labute approximate surface area is 146 Å². The van der Waals surface area contributed by atoms with E-state index < -0.39 is 6.10 Å². The third-order valence-corrected chi connectivity index (χ3v) is 4.77. The van der Waals surface area contributed by atoms with E-state index in [4.69, 9.17) is 4.52 Å². The van der Waals surface area contributed by atoms with Crippen molar-refractivity contribution in [2.45, 2.75) is 51.7 Å². The number of nitrogens with zero attached hydrogens (tertiary/aromatic N) is 2. The average molecular weight is 346 g/mol. The summed E-state index contributed by atoms with van der Waals surface area (Å²) in [6.07, 6.45) is 1.37. The number of aliphatic hydroxyl groups excluding tert-OH is 1. The minimum Gasteiger partial charge on any atom is -0.391 e. The van der Waals surface area contributed by atoms with E-state index in [0.29, 0.717) is 24.8 Å². The molecule has 1 aromatic carbocycles. The Morgan fingerprint density at radius 2 is 2.20 bits per heavy atom. The Hall–Kier alpha value is -2.21. The Morgan fingerprint density at radius 1 is 1.40 bits per heavy atom. The molecule has 1 N–H and O–H groups in total. The zero-order valence-corrected chi connectivity index (χ0v) is 14.5. The van der Waals surface area contributed by atoms with Gasteiger partial charge in [-0.25, -0.2) is 4.39 Å². The number of aryl methyl sites for hydroxylation is 2. The summed E-state index contributed by atoms with van der Waals surface area (Å²) < 4.78 is 18.9. The molecule has 1 saturated heterocycles. The molecule has 0 spiro atoms. The van der Waals surface area contributed by atoms with Gasteiger partial charge in [-0.3, -0.25) is 4.79 Å². The molecular formula is C19H23FN2O3. The van der Waals surface area contributed by atoms with Crippen molar-refractivity contribution in [3.05, 3.63) is 52.7 Å². The lowest BCUT2D eigenvalue weighted by molar-refractivity contribution is -0.131. The van der Waals surface area contributed by atoms with Gasteiger partial charge in [0, 0.05) is 18.5 Å². The second-order valence-electron chi connectivity index (χ2n) is 6.42. The van der Waals surface area contributed by atoms with Crippen LogP contribution in [0.15, 0.2) is 28.8 Å². The fourth-order valence-electron chi connectivity index (χ4n) is 3.51. The van der Waals surface area contributed by atoms with Crippen molar-refractivity contribution >= 4 is 5.91 Å². The van der Waals surface area contributed by atoms with Gasteiger partial charge in [0.1, 0.15) is 11.6 Å². The smallest absolute Gasteiger partial charge is 0.227 e. The van der Waals surface area contributed by atoms with E-state index in [9.17, 15) is 14.3 Å². The summed E-state index contributed by atoms with van der Waals surface area (Å²) in [7, 11) is 0. The number of benzene rings is 1. The van der Waals surface area contributed by atoms with Crippen molar-refractivity contribution in [1.29, 1.82) is 0 Å². The van der Waals surface area contributed by atoms with E-state index in [-0.39, 0.29) is 30.7 Å². The molecule has 2 heterocycles. The van der Waals surface area contributed by atoms with Crippen molar-refractivity contribution in [3.8, 4) is 0 Å². The van der Waals surface area contributed by atoms with Crippen LogP contribution < -0.4 is 0 Å². The van der Waals surface area contributed by atoms with Crippen LogP contribution >= 0.6 is 0 Å². The van der Waals surface area contributed by atoms with E-state index in [1.165, 1.54) is 12.1 Å². The van der Waals surface area contributed by atoms with Crippen LogP contribution in [0.4, 0.5) is 4.39 Å². The van der Waals surface area contributed by atoms with Crippen molar-refractivity contribution < 1.29 is 18.8 Å². The monoisotopic (exact) mass is 346 g/mol. The summed E-state index contributed by atoms with van der Waals surface area (Å²) in [5.41, 5.74) is 2.35. The molecule has 1 amide bonds. The zero-order chi connectivity index (χ0) is 18.0. The number of β-amino-alcohol motifs (C(OH)–C–C–N with tert-alkyl or cyclic N) is 1. The van der Waals surface area contributed by atoms with Crippen LogP contribution in [-0.2, 0) is 24.1 Å². The van der Waals surface area contributed by atoms with Gasteiger partial charge in [-0.1, -0.05) is 31.1 Å². The lowest BCUT2D eigenvalue weighted by atomic mass is 10.0. The van der Waals surface area contributed by atoms with Crippen molar-refractivity contribution in [2.24, 2.45) is 0 Å². The van der Waals surface area contributed by atoms with Crippen LogP contribution in [0.1, 0.15) is 48.9 Å². The normalized spacial score (nSPS) is 20.2. The molecule has 1 aliphatic rings. The van der Waals surface area contributed by atoms with Gasteiger partial charge in [0.25, 0.3) is 0 Å². The highest BCUT2D eigenvalue weighted by Gasteiger charge is 2.36. The van der Waals surface area contributed by atoms with E-state index >= 15 is 0 Å². The highest BCUT2D eigenvalue weighted by molar-refractivity contribution is 5.80. The van der Waals surface area contributed by atoms with Crippen molar-refractivity contribution in [2.75, 3.05) is 6.54 Å².